The van der Waals surface area contributed by atoms with E-state index in [0.717, 1.165) is 4.68 Å². The Morgan fingerprint density at radius 1 is 1.33 bits per heavy atom. The summed E-state index contributed by atoms with van der Waals surface area (Å²) in [4.78, 5) is 14.2. The van der Waals surface area contributed by atoms with E-state index in [0.29, 0.717) is 32.1 Å². The molecular formula is C16H16ClF3N4O3. The lowest BCUT2D eigenvalue weighted by Gasteiger charge is -2.32. The Morgan fingerprint density at radius 2 is 2.07 bits per heavy atom. The van der Waals surface area contributed by atoms with Gasteiger partial charge in [0.25, 0.3) is 5.91 Å². The Bertz CT molecular complexity index is 831. The Balaban J connectivity index is 1.72. The summed E-state index contributed by atoms with van der Waals surface area (Å²) in [7, 11) is 0. The number of fused-ring (bicyclic) bond motifs is 1. The third kappa shape index (κ3) is 3.27. The van der Waals surface area contributed by atoms with Gasteiger partial charge in [0, 0.05) is 19.5 Å². The fourth-order valence-corrected chi connectivity index (χ4v) is 3.58. The summed E-state index contributed by atoms with van der Waals surface area (Å²) >= 11 is 6.28. The van der Waals surface area contributed by atoms with E-state index < -0.39 is 24.2 Å². The van der Waals surface area contributed by atoms with Crippen LogP contribution in [0.5, 0.6) is 0 Å². The highest BCUT2D eigenvalue weighted by Gasteiger charge is 2.48. The monoisotopic (exact) mass is 404 g/mol. The van der Waals surface area contributed by atoms with E-state index in [1.54, 1.807) is 12.1 Å². The van der Waals surface area contributed by atoms with Gasteiger partial charge in [0.2, 0.25) is 0 Å². The molecule has 2 aromatic heterocycles. The maximum atomic E-state index is 13.7. The van der Waals surface area contributed by atoms with Crippen LogP contribution in [0.3, 0.4) is 0 Å². The van der Waals surface area contributed by atoms with Crippen LogP contribution in [0.4, 0.5) is 19.0 Å². The van der Waals surface area contributed by atoms with Gasteiger partial charge in [0.1, 0.15) is 16.6 Å². The van der Waals surface area contributed by atoms with Gasteiger partial charge in [-0.3, -0.25) is 4.79 Å². The van der Waals surface area contributed by atoms with E-state index in [2.05, 4.69) is 10.4 Å². The highest BCUT2D eigenvalue weighted by atomic mass is 35.5. The van der Waals surface area contributed by atoms with Crippen LogP contribution in [0, 0.1) is 0 Å². The summed E-state index contributed by atoms with van der Waals surface area (Å²) in [6.07, 6.45) is -3.50. The zero-order chi connectivity index (χ0) is 19.2. The number of carbonyl (C=O) groups is 1. The van der Waals surface area contributed by atoms with Crippen molar-refractivity contribution in [2.45, 2.75) is 24.7 Å². The quantitative estimate of drug-likeness (QED) is 0.831. The van der Waals surface area contributed by atoms with E-state index in [1.165, 1.54) is 11.2 Å². The second kappa shape index (κ2) is 6.75. The summed E-state index contributed by atoms with van der Waals surface area (Å²) in [5.41, 5.74) is -0.199. The number of rotatable bonds is 2. The first-order chi connectivity index (χ1) is 12.9. The third-order valence-corrected chi connectivity index (χ3v) is 5.04. The molecule has 7 nitrogen and oxygen atoms in total. The Kier molecular flexibility index (Phi) is 4.55. The molecular weight excluding hydrogens is 389 g/mol. The normalized spacial score (nSPS) is 23.0. The molecule has 11 heteroatoms. The average molecular weight is 405 g/mol. The van der Waals surface area contributed by atoms with Crippen LogP contribution in [0.2, 0.25) is 5.02 Å². The largest absolute Gasteiger partial charge is 0.467 e. The van der Waals surface area contributed by atoms with Crippen LogP contribution in [-0.4, -0.2) is 53.1 Å². The molecule has 2 aliphatic heterocycles. The molecule has 1 saturated heterocycles. The summed E-state index contributed by atoms with van der Waals surface area (Å²) in [5, 5.41) is 6.73. The number of nitrogens with one attached hydrogen (secondary N) is 1. The predicted molar refractivity (Wildman–Crippen MR) is 88.7 cm³/mol. The number of anilines is 1. The number of aromatic nitrogens is 2. The number of furan rings is 1. The molecule has 0 aromatic carbocycles. The number of morpholine rings is 1. The minimum Gasteiger partial charge on any atom is -0.467 e. The van der Waals surface area contributed by atoms with Crippen LogP contribution >= 0.6 is 11.6 Å². The van der Waals surface area contributed by atoms with Gasteiger partial charge >= 0.3 is 6.18 Å². The zero-order valence-electron chi connectivity index (χ0n) is 14.0. The lowest BCUT2D eigenvalue weighted by Crippen LogP contribution is -2.41. The van der Waals surface area contributed by atoms with Gasteiger partial charge in [-0.1, -0.05) is 11.6 Å². The van der Waals surface area contributed by atoms with Gasteiger partial charge in [-0.2, -0.15) is 18.3 Å². The number of carbonyl (C=O) groups excluding carboxylic acids is 1. The summed E-state index contributed by atoms with van der Waals surface area (Å²) in [6.45, 7) is 1.40. The van der Waals surface area contributed by atoms with Crippen molar-refractivity contribution >= 4 is 23.3 Å². The SMILES string of the molecule is O=C(c1nn2c(c1Cl)NC(c1ccco1)CC2C(F)(F)F)N1CCOCC1. The van der Waals surface area contributed by atoms with Gasteiger partial charge in [0.05, 0.1) is 25.5 Å². The molecule has 0 radical (unpaired) electrons. The molecule has 146 valence electrons. The van der Waals surface area contributed by atoms with Crippen molar-refractivity contribution in [2.75, 3.05) is 31.6 Å². The van der Waals surface area contributed by atoms with Crippen molar-refractivity contribution in [2.24, 2.45) is 0 Å². The number of alkyl halides is 3. The van der Waals surface area contributed by atoms with Gasteiger partial charge in [0.15, 0.2) is 11.7 Å². The van der Waals surface area contributed by atoms with Gasteiger partial charge < -0.3 is 19.4 Å². The lowest BCUT2D eigenvalue weighted by atomic mass is 10.0. The predicted octanol–water partition coefficient (Wildman–Crippen LogP) is 3.26. The van der Waals surface area contributed by atoms with Crippen molar-refractivity contribution in [1.29, 1.82) is 0 Å². The fourth-order valence-electron chi connectivity index (χ4n) is 3.32. The topological polar surface area (TPSA) is 72.5 Å². The lowest BCUT2D eigenvalue weighted by molar-refractivity contribution is -0.174. The Labute approximate surface area is 157 Å². The summed E-state index contributed by atoms with van der Waals surface area (Å²) < 4.78 is 52.2. The molecule has 0 aliphatic carbocycles. The molecule has 2 atom stereocenters. The van der Waals surface area contributed by atoms with E-state index in [4.69, 9.17) is 20.8 Å². The van der Waals surface area contributed by atoms with Crippen molar-refractivity contribution in [1.82, 2.24) is 14.7 Å². The number of amides is 1. The van der Waals surface area contributed by atoms with Crippen LogP contribution in [0.15, 0.2) is 22.8 Å². The molecule has 0 bridgehead atoms. The molecule has 2 unspecified atom stereocenters. The van der Waals surface area contributed by atoms with Crippen molar-refractivity contribution in [3.63, 3.8) is 0 Å². The van der Waals surface area contributed by atoms with Crippen molar-refractivity contribution < 1.29 is 27.1 Å². The summed E-state index contributed by atoms with van der Waals surface area (Å²) in [5.74, 6) is -0.195. The molecule has 27 heavy (non-hydrogen) atoms. The molecule has 1 amide bonds. The van der Waals surface area contributed by atoms with Crippen LogP contribution < -0.4 is 5.32 Å². The first-order valence-electron chi connectivity index (χ1n) is 8.38. The minimum atomic E-state index is -4.56. The number of halogens is 4. The standard InChI is InChI=1S/C16H16ClF3N4O3/c17-12-13(15(25)23-3-6-26-7-4-23)22-24-11(16(18,19)20)8-9(21-14(12)24)10-2-1-5-27-10/h1-2,5,9,11,21H,3-4,6-8H2. The van der Waals surface area contributed by atoms with Crippen LogP contribution in [0.25, 0.3) is 0 Å². The number of nitrogens with zero attached hydrogens (tertiary/aromatic N) is 3. The molecule has 0 saturated carbocycles. The van der Waals surface area contributed by atoms with Crippen LogP contribution in [0.1, 0.15) is 34.8 Å². The van der Waals surface area contributed by atoms with Gasteiger partial charge in [-0.15, -0.1) is 0 Å². The first-order valence-corrected chi connectivity index (χ1v) is 8.75. The number of hydrogen-bond acceptors (Lipinski definition) is 5. The van der Waals surface area contributed by atoms with Gasteiger partial charge in [-0.25, -0.2) is 4.68 Å². The van der Waals surface area contributed by atoms with Gasteiger partial charge in [-0.05, 0) is 12.1 Å². The highest BCUT2D eigenvalue weighted by molar-refractivity contribution is 6.36. The highest BCUT2D eigenvalue weighted by Crippen LogP contribution is 2.46. The number of ether oxygens (including phenoxy) is 1. The Morgan fingerprint density at radius 3 is 2.70 bits per heavy atom. The van der Waals surface area contributed by atoms with E-state index in [-0.39, 0.29) is 23.0 Å². The van der Waals surface area contributed by atoms with Crippen LogP contribution in [-0.2, 0) is 4.74 Å². The third-order valence-electron chi connectivity index (χ3n) is 4.68. The van der Waals surface area contributed by atoms with E-state index in [9.17, 15) is 18.0 Å². The van der Waals surface area contributed by atoms with E-state index in [1.807, 2.05) is 0 Å². The zero-order valence-corrected chi connectivity index (χ0v) is 14.8. The molecule has 0 spiro atoms. The maximum absolute atomic E-state index is 13.7. The molecule has 2 aliphatic rings. The molecule has 2 aromatic rings. The number of hydrogen-bond donors (Lipinski definition) is 1. The summed E-state index contributed by atoms with van der Waals surface area (Å²) in [6, 6.07) is 0.526. The fraction of sp³-hybridized carbons (Fsp3) is 0.500. The molecule has 4 rings (SSSR count). The Hall–Kier alpha value is -2.20. The second-order valence-electron chi connectivity index (χ2n) is 6.37. The first kappa shape index (κ1) is 18.2. The molecule has 1 N–H and O–H groups in total. The second-order valence-corrected chi connectivity index (χ2v) is 6.74. The molecule has 1 fully saturated rings. The molecule has 4 heterocycles. The minimum absolute atomic E-state index is 0.0387. The van der Waals surface area contributed by atoms with Crippen molar-refractivity contribution in [3.8, 4) is 0 Å². The maximum Gasteiger partial charge on any atom is 0.410 e. The van der Waals surface area contributed by atoms with E-state index >= 15 is 0 Å². The smallest absolute Gasteiger partial charge is 0.410 e. The average Bonchev–Trinajstić information content (AvgIpc) is 3.29. The van der Waals surface area contributed by atoms with Crippen molar-refractivity contribution in [3.05, 3.63) is 34.9 Å².